The summed E-state index contributed by atoms with van der Waals surface area (Å²) in [5.74, 6) is -0.290. The Labute approximate surface area is 160 Å². The van der Waals surface area contributed by atoms with Gasteiger partial charge in [-0.2, -0.15) is 0 Å². The molecule has 0 aliphatic heterocycles. The Bertz CT molecular complexity index is 765. The molecule has 0 saturated heterocycles. The molecule has 0 radical (unpaired) electrons. The summed E-state index contributed by atoms with van der Waals surface area (Å²) in [7, 11) is 0. The second kappa shape index (κ2) is 7.81. The Hall–Kier alpha value is -2.20. The van der Waals surface area contributed by atoms with E-state index in [-0.39, 0.29) is 17.1 Å². The van der Waals surface area contributed by atoms with Gasteiger partial charge in [0.05, 0.1) is 0 Å². The quantitative estimate of drug-likeness (QED) is 0.769. The lowest BCUT2D eigenvalue weighted by molar-refractivity contribution is -0.123. The first kappa shape index (κ1) is 18.2. The van der Waals surface area contributed by atoms with Crippen LogP contribution in [0.1, 0.15) is 55.7 Å². The summed E-state index contributed by atoms with van der Waals surface area (Å²) in [5.41, 5.74) is 2.23. The number of hydrogen-bond acceptors (Lipinski definition) is 2. The van der Waals surface area contributed by atoms with Gasteiger partial charge >= 0.3 is 0 Å². The van der Waals surface area contributed by atoms with Crippen molar-refractivity contribution in [3.8, 4) is 0 Å². The summed E-state index contributed by atoms with van der Waals surface area (Å²) >= 11 is 0. The maximum atomic E-state index is 13.4. The third-order valence-corrected chi connectivity index (χ3v) is 5.98. The zero-order valence-corrected chi connectivity index (χ0v) is 15.6. The summed E-state index contributed by atoms with van der Waals surface area (Å²) < 4.78 is 13.4. The summed E-state index contributed by atoms with van der Waals surface area (Å²) in [5, 5.41) is 6.63. The number of rotatable bonds is 7. The predicted octanol–water partition coefficient (Wildman–Crippen LogP) is 4.25. The van der Waals surface area contributed by atoms with E-state index in [9.17, 15) is 9.18 Å². The van der Waals surface area contributed by atoms with E-state index in [0.29, 0.717) is 6.04 Å². The average Bonchev–Trinajstić information content (AvgIpc) is 3.37. The minimum atomic E-state index is -0.451. The van der Waals surface area contributed by atoms with Gasteiger partial charge in [-0.15, -0.1) is 0 Å². The molecule has 0 spiro atoms. The van der Waals surface area contributed by atoms with Gasteiger partial charge in [0.1, 0.15) is 11.9 Å². The van der Waals surface area contributed by atoms with E-state index in [1.807, 2.05) is 6.07 Å². The molecular weight excluding hydrogens is 339 g/mol. The van der Waals surface area contributed by atoms with Gasteiger partial charge in [0.15, 0.2) is 0 Å². The number of carbonyl (C=O) groups is 1. The van der Waals surface area contributed by atoms with E-state index < -0.39 is 6.04 Å². The molecule has 2 aromatic carbocycles. The minimum Gasteiger partial charge on any atom is -0.352 e. The number of benzene rings is 2. The highest BCUT2D eigenvalue weighted by Gasteiger charge is 2.37. The van der Waals surface area contributed by atoms with Crippen molar-refractivity contribution in [2.24, 2.45) is 0 Å². The normalized spacial score (nSPS) is 19.6. The summed E-state index contributed by atoms with van der Waals surface area (Å²) in [6.07, 6.45) is 6.79. The number of hydrogen-bond donors (Lipinski definition) is 2. The van der Waals surface area contributed by atoms with Crippen molar-refractivity contribution in [2.45, 2.75) is 56.0 Å². The van der Waals surface area contributed by atoms with Crippen LogP contribution in [0, 0.1) is 5.82 Å². The molecule has 1 amide bonds. The molecule has 0 aromatic heterocycles. The minimum absolute atomic E-state index is 0.00897. The fourth-order valence-corrected chi connectivity index (χ4v) is 4.24. The van der Waals surface area contributed by atoms with Crippen molar-refractivity contribution < 1.29 is 9.18 Å². The molecule has 4 heteroatoms. The third kappa shape index (κ3) is 4.22. The molecule has 142 valence electrons. The summed E-state index contributed by atoms with van der Waals surface area (Å²) in [6.45, 7) is 0.747. The Morgan fingerprint density at radius 2 is 1.70 bits per heavy atom. The Morgan fingerprint density at radius 1 is 1.04 bits per heavy atom. The fraction of sp³-hybridized carbons (Fsp3) is 0.435. The molecule has 2 saturated carbocycles. The maximum absolute atomic E-state index is 13.4. The third-order valence-electron chi connectivity index (χ3n) is 5.98. The SMILES string of the molecule is O=C(NC1CC1)C(NCC1(c2ccccc2)CCCC1)c1ccc(F)cc1. The first-order valence-electron chi connectivity index (χ1n) is 10.0. The highest BCUT2D eigenvalue weighted by atomic mass is 19.1. The van der Waals surface area contributed by atoms with Crippen LogP contribution in [0.4, 0.5) is 4.39 Å². The smallest absolute Gasteiger partial charge is 0.241 e. The van der Waals surface area contributed by atoms with Crippen molar-refractivity contribution in [3.63, 3.8) is 0 Å². The van der Waals surface area contributed by atoms with Crippen molar-refractivity contribution in [1.82, 2.24) is 10.6 Å². The first-order valence-corrected chi connectivity index (χ1v) is 10.0. The molecule has 0 bridgehead atoms. The summed E-state index contributed by atoms with van der Waals surface area (Å²) in [6, 6.07) is 16.8. The second-order valence-corrected chi connectivity index (χ2v) is 8.00. The van der Waals surface area contributed by atoms with Crippen LogP contribution < -0.4 is 10.6 Å². The molecule has 0 heterocycles. The summed E-state index contributed by atoms with van der Waals surface area (Å²) in [4.78, 5) is 12.9. The van der Waals surface area contributed by atoms with Gasteiger partial charge in [0.2, 0.25) is 5.91 Å². The lowest BCUT2D eigenvalue weighted by atomic mass is 9.78. The van der Waals surface area contributed by atoms with Crippen molar-refractivity contribution in [3.05, 3.63) is 71.5 Å². The van der Waals surface area contributed by atoms with Crippen LogP contribution in [0.25, 0.3) is 0 Å². The molecule has 1 unspecified atom stereocenters. The molecule has 2 aliphatic carbocycles. The average molecular weight is 366 g/mol. The topological polar surface area (TPSA) is 41.1 Å². The molecule has 2 N–H and O–H groups in total. The van der Waals surface area contributed by atoms with E-state index in [1.165, 1.54) is 30.5 Å². The van der Waals surface area contributed by atoms with Gasteiger partial charge in [0, 0.05) is 18.0 Å². The second-order valence-electron chi connectivity index (χ2n) is 8.00. The Morgan fingerprint density at radius 3 is 2.33 bits per heavy atom. The van der Waals surface area contributed by atoms with Crippen LogP contribution in [-0.4, -0.2) is 18.5 Å². The molecule has 4 rings (SSSR count). The molecule has 3 nitrogen and oxygen atoms in total. The van der Waals surface area contributed by atoms with E-state index in [0.717, 1.165) is 37.8 Å². The lowest BCUT2D eigenvalue weighted by Crippen LogP contribution is -2.44. The van der Waals surface area contributed by atoms with Crippen molar-refractivity contribution in [1.29, 1.82) is 0 Å². The Balaban J connectivity index is 1.55. The van der Waals surface area contributed by atoms with Gasteiger partial charge in [-0.1, -0.05) is 55.3 Å². The van der Waals surface area contributed by atoms with E-state index in [4.69, 9.17) is 0 Å². The zero-order valence-electron chi connectivity index (χ0n) is 15.6. The highest BCUT2D eigenvalue weighted by molar-refractivity contribution is 5.83. The highest BCUT2D eigenvalue weighted by Crippen LogP contribution is 2.41. The lowest BCUT2D eigenvalue weighted by Gasteiger charge is -2.32. The Kier molecular flexibility index (Phi) is 5.26. The maximum Gasteiger partial charge on any atom is 0.241 e. The number of amides is 1. The van der Waals surface area contributed by atoms with E-state index >= 15 is 0 Å². The van der Waals surface area contributed by atoms with Gasteiger partial charge < -0.3 is 10.6 Å². The van der Waals surface area contributed by atoms with E-state index in [1.54, 1.807) is 12.1 Å². The molecular formula is C23H27FN2O. The van der Waals surface area contributed by atoms with Crippen molar-refractivity contribution >= 4 is 5.91 Å². The monoisotopic (exact) mass is 366 g/mol. The first-order chi connectivity index (χ1) is 13.2. The molecule has 2 fully saturated rings. The van der Waals surface area contributed by atoms with Crippen LogP contribution >= 0.6 is 0 Å². The van der Waals surface area contributed by atoms with Gasteiger partial charge in [-0.25, -0.2) is 4.39 Å². The molecule has 27 heavy (non-hydrogen) atoms. The number of halogens is 1. The van der Waals surface area contributed by atoms with E-state index in [2.05, 4.69) is 34.9 Å². The fourth-order valence-electron chi connectivity index (χ4n) is 4.24. The zero-order chi connectivity index (χ0) is 18.7. The van der Waals surface area contributed by atoms with Crippen LogP contribution in [0.2, 0.25) is 0 Å². The number of carbonyl (C=O) groups excluding carboxylic acids is 1. The van der Waals surface area contributed by atoms with Crippen LogP contribution in [0.5, 0.6) is 0 Å². The standard InChI is InChI=1S/C23H27FN2O/c24-19-10-8-17(9-11-19)21(22(27)26-20-12-13-20)25-16-23(14-4-5-15-23)18-6-2-1-3-7-18/h1-3,6-11,20-21,25H,4-5,12-16H2,(H,26,27). The molecule has 2 aliphatic rings. The van der Waals surface area contributed by atoms with Crippen molar-refractivity contribution in [2.75, 3.05) is 6.54 Å². The van der Waals surface area contributed by atoms with Gasteiger partial charge in [-0.05, 0) is 48.9 Å². The molecule has 1 atom stereocenters. The van der Waals surface area contributed by atoms with Gasteiger partial charge in [0.25, 0.3) is 0 Å². The van der Waals surface area contributed by atoms with Gasteiger partial charge in [-0.3, -0.25) is 4.79 Å². The van der Waals surface area contributed by atoms with Crippen LogP contribution in [-0.2, 0) is 10.2 Å². The number of nitrogens with one attached hydrogen (secondary N) is 2. The molecule has 2 aromatic rings. The van der Waals surface area contributed by atoms with Crippen LogP contribution in [0.15, 0.2) is 54.6 Å². The van der Waals surface area contributed by atoms with Crippen LogP contribution in [0.3, 0.4) is 0 Å². The predicted molar refractivity (Wildman–Crippen MR) is 105 cm³/mol. The largest absolute Gasteiger partial charge is 0.352 e.